The number of nitro groups is 1. The SMILES string of the molecule is CC1(C)CN(CCn2cncn2)c2ccc(-c3ccccc3[N+](=O)[O-])cc21. The quantitative estimate of drug-likeness (QED) is 0.511. The molecule has 1 aliphatic heterocycles. The summed E-state index contributed by atoms with van der Waals surface area (Å²) in [5.74, 6) is 0. The first-order valence-corrected chi connectivity index (χ1v) is 8.91. The smallest absolute Gasteiger partial charge is 0.277 e. The van der Waals surface area contributed by atoms with Crippen LogP contribution < -0.4 is 4.90 Å². The van der Waals surface area contributed by atoms with Crippen molar-refractivity contribution in [2.24, 2.45) is 0 Å². The highest BCUT2D eigenvalue weighted by atomic mass is 16.6. The Kier molecular flexibility index (Phi) is 4.14. The van der Waals surface area contributed by atoms with Crippen LogP contribution in [0.2, 0.25) is 0 Å². The number of para-hydroxylation sites is 1. The Labute approximate surface area is 157 Å². The summed E-state index contributed by atoms with van der Waals surface area (Å²) >= 11 is 0. The highest BCUT2D eigenvalue weighted by Crippen LogP contribution is 2.43. The molecule has 0 unspecified atom stereocenters. The third-order valence-electron chi connectivity index (χ3n) is 5.13. The van der Waals surface area contributed by atoms with E-state index in [0.29, 0.717) is 5.56 Å². The zero-order valence-electron chi connectivity index (χ0n) is 15.4. The van der Waals surface area contributed by atoms with E-state index >= 15 is 0 Å². The van der Waals surface area contributed by atoms with Crippen LogP contribution in [0.15, 0.2) is 55.1 Å². The molecule has 1 aromatic heterocycles. The Bertz CT molecular complexity index is 982. The largest absolute Gasteiger partial charge is 0.369 e. The van der Waals surface area contributed by atoms with Gasteiger partial charge in [-0.1, -0.05) is 32.0 Å². The lowest BCUT2D eigenvalue weighted by Crippen LogP contribution is -2.31. The monoisotopic (exact) mass is 363 g/mol. The molecule has 0 saturated carbocycles. The zero-order valence-corrected chi connectivity index (χ0v) is 15.4. The van der Waals surface area contributed by atoms with Crippen molar-refractivity contribution < 1.29 is 4.92 Å². The van der Waals surface area contributed by atoms with Crippen molar-refractivity contribution in [1.82, 2.24) is 14.8 Å². The molecule has 0 N–H and O–H groups in total. The van der Waals surface area contributed by atoms with E-state index in [1.807, 2.05) is 22.9 Å². The van der Waals surface area contributed by atoms with Gasteiger partial charge in [0.25, 0.3) is 5.69 Å². The first-order valence-electron chi connectivity index (χ1n) is 8.91. The first-order chi connectivity index (χ1) is 13.0. The number of benzene rings is 2. The molecule has 0 fully saturated rings. The van der Waals surface area contributed by atoms with Crippen LogP contribution in [0.1, 0.15) is 19.4 Å². The van der Waals surface area contributed by atoms with Crippen LogP contribution in [0.25, 0.3) is 11.1 Å². The maximum absolute atomic E-state index is 11.4. The van der Waals surface area contributed by atoms with Gasteiger partial charge < -0.3 is 4.90 Å². The van der Waals surface area contributed by atoms with Crippen molar-refractivity contribution >= 4 is 11.4 Å². The van der Waals surface area contributed by atoms with Crippen molar-refractivity contribution in [2.75, 3.05) is 18.0 Å². The molecule has 0 spiro atoms. The van der Waals surface area contributed by atoms with Gasteiger partial charge in [-0.15, -0.1) is 0 Å². The molecule has 0 bridgehead atoms. The van der Waals surface area contributed by atoms with Crippen LogP contribution in [-0.2, 0) is 12.0 Å². The maximum Gasteiger partial charge on any atom is 0.277 e. The van der Waals surface area contributed by atoms with E-state index < -0.39 is 0 Å². The minimum atomic E-state index is -0.321. The van der Waals surface area contributed by atoms with Gasteiger partial charge in [0.15, 0.2) is 0 Å². The van der Waals surface area contributed by atoms with Crippen LogP contribution >= 0.6 is 0 Å². The summed E-state index contributed by atoms with van der Waals surface area (Å²) in [4.78, 5) is 17.4. The minimum absolute atomic E-state index is 0.0305. The maximum atomic E-state index is 11.4. The average Bonchev–Trinajstić information content (AvgIpc) is 3.26. The third-order valence-corrected chi connectivity index (χ3v) is 5.13. The zero-order chi connectivity index (χ0) is 19.0. The number of aromatic nitrogens is 3. The van der Waals surface area contributed by atoms with Gasteiger partial charge in [0, 0.05) is 30.3 Å². The number of rotatable bonds is 5. The number of nitrogens with zero attached hydrogens (tertiary/aromatic N) is 5. The third kappa shape index (κ3) is 3.16. The summed E-state index contributed by atoms with van der Waals surface area (Å²) in [5, 5.41) is 15.6. The van der Waals surface area contributed by atoms with Crippen LogP contribution in [0, 0.1) is 10.1 Å². The van der Waals surface area contributed by atoms with Crippen LogP contribution in [-0.4, -0.2) is 32.8 Å². The molecule has 27 heavy (non-hydrogen) atoms. The first kappa shape index (κ1) is 17.2. The fourth-order valence-electron chi connectivity index (χ4n) is 3.82. The summed E-state index contributed by atoms with van der Waals surface area (Å²) in [5.41, 5.74) is 4.04. The topological polar surface area (TPSA) is 77.1 Å². The van der Waals surface area contributed by atoms with Crippen molar-refractivity contribution in [2.45, 2.75) is 25.8 Å². The lowest BCUT2D eigenvalue weighted by atomic mass is 9.85. The van der Waals surface area contributed by atoms with E-state index in [4.69, 9.17) is 0 Å². The summed E-state index contributed by atoms with van der Waals surface area (Å²) in [6.45, 7) is 6.93. The molecule has 7 nitrogen and oxygen atoms in total. The van der Waals surface area contributed by atoms with Gasteiger partial charge >= 0.3 is 0 Å². The number of anilines is 1. The second kappa shape index (κ2) is 6.50. The van der Waals surface area contributed by atoms with Gasteiger partial charge in [0.05, 0.1) is 17.0 Å². The molecule has 0 radical (unpaired) electrons. The van der Waals surface area contributed by atoms with E-state index in [0.717, 1.165) is 25.2 Å². The van der Waals surface area contributed by atoms with E-state index in [2.05, 4.69) is 41.0 Å². The van der Waals surface area contributed by atoms with Crippen molar-refractivity contribution in [3.8, 4) is 11.1 Å². The molecule has 7 heteroatoms. The number of hydrogen-bond acceptors (Lipinski definition) is 5. The molecular weight excluding hydrogens is 342 g/mol. The molecular formula is C20H21N5O2. The van der Waals surface area contributed by atoms with E-state index in [9.17, 15) is 10.1 Å². The van der Waals surface area contributed by atoms with Crippen LogP contribution in [0.5, 0.6) is 0 Å². The second-order valence-corrected chi connectivity index (χ2v) is 7.47. The summed E-state index contributed by atoms with van der Waals surface area (Å²) in [7, 11) is 0. The van der Waals surface area contributed by atoms with Crippen LogP contribution in [0.3, 0.4) is 0 Å². The minimum Gasteiger partial charge on any atom is -0.369 e. The number of nitro benzene ring substituents is 1. The Morgan fingerprint density at radius 1 is 1.19 bits per heavy atom. The van der Waals surface area contributed by atoms with Crippen molar-refractivity contribution in [3.63, 3.8) is 0 Å². The van der Waals surface area contributed by atoms with Gasteiger partial charge in [-0.05, 0) is 29.3 Å². The van der Waals surface area contributed by atoms with E-state index in [1.165, 1.54) is 11.3 Å². The lowest BCUT2D eigenvalue weighted by Gasteiger charge is -2.22. The molecule has 1 aliphatic rings. The summed E-state index contributed by atoms with van der Waals surface area (Å²) < 4.78 is 1.83. The Hall–Kier alpha value is -3.22. The fourth-order valence-corrected chi connectivity index (χ4v) is 3.82. The van der Waals surface area contributed by atoms with Gasteiger partial charge in [0.2, 0.25) is 0 Å². The highest BCUT2D eigenvalue weighted by molar-refractivity contribution is 5.77. The Morgan fingerprint density at radius 3 is 2.74 bits per heavy atom. The molecule has 0 aliphatic carbocycles. The highest BCUT2D eigenvalue weighted by Gasteiger charge is 2.35. The lowest BCUT2D eigenvalue weighted by molar-refractivity contribution is -0.384. The average molecular weight is 363 g/mol. The summed E-state index contributed by atoms with van der Waals surface area (Å²) in [6, 6.07) is 13.1. The summed E-state index contributed by atoms with van der Waals surface area (Å²) in [6.07, 6.45) is 3.26. The second-order valence-electron chi connectivity index (χ2n) is 7.47. The van der Waals surface area contributed by atoms with E-state index in [1.54, 1.807) is 24.8 Å². The predicted octanol–water partition coefficient (Wildman–Crippen LogP) is 3.65. The van der Waals surface area contributed by atoms with Gasteiger partial charge in [0.1, 0.15) is 12.7 Å². The predicted molar refractivity (Wildman–Crippen MR) is 104 cm³/mol. The van der Waals surface area contributed by atoms with E-state index in [-0.39, 0.29) is 16.0 Å². The molecule has 138 valence electrons. The van der Waals surface area contributed by atoms with Crippen LogP contribution in [0.4, 0.5) is 11.4 Å². The molecule has 2 heterocycles. The van der Waals surface area contributed by atoms with Gasteiger partial charge in [-0.3, -0.25) is 14.8 Å². The van der Waals surface area contributed by atoms with Crippen molar-refractivity contribution in [3.05, 3.63) is 70.8 Å². The number of fused-ring (bicyclic) bond motifs is 1. The van der Waals surface area contributed by atoms with Gasteiger partial charge in [-0.25, -0.2) is 4.98 Å². The molecule has 2 aromatic carbocycles. The molecule has 0 atom stereocenters. The van der Waals surface area contributed by atoms with Gasteiger partial charge in [-0.2, -0.15) is 5.10 Å². The standard InChI is InChI=1S/C20H21N5O2/c1-20(2)12-23(9-10-24-14-21-13-22-24)19-8-7-15(11-17(19)20)16-5-3-4-6-18(16)25(26)27/h3-8,11,13-14H,9-10,12H2,1-2H3. The molecule has 3 aromatic rings. The molecule has 0 amide bonds. The normalized spacial score (nSPS) is 15.0. The van der Waals surface area contributed by atoms with Crippen molar-refractivity contribution in [1.29, 1.82) is 0 Å². The molecule has 4 rings (SSSR count). The molecule has 0 saturated heterocycles. The number of hydrogen-bond donors (Lipinski definition) is 0. The Balaban J connectivity index is 1.68. The fraction of sp³-hybridized carbons (Fsp3) is 0.300. The Morgan fingerprint density at radius 2 is 2.00 bits per heavy atom.